The fourth-order valence-electron chi connectivity index (χ4n) is 2.31. The van der Waals surface area contributed by atoms with Crippen LogP contribution in [0, 0.1) is 5.41 Å². The van der Waals surface area contributed by atoms with E-state index in [4.69, 9.17) is 0 Å². The highest BCUT2D eigenvalue weighted by atomic mass is 32.1. The van der Waals surface area contributed by atoms with Gasteiger partial charge < -0.3 is 5.32 Å². The maximum absolute atomic E-state index is 4.68. The van der Waals surface area contributed by atoms with E-state index in [2.05, 4.69) is 53.6 Å². The quantitative estimate of drug-likeness (QED) is 0.892. The lowest BCUT2D eigenvalue weighted by Crippen LogP contribution is -2.25. The van der Waals surface area contributed by atoms with Crippen molar-refractivity contribution >= 4 is 17.2 Å². The van der Waals surface area contributed by atoms with Crippen LogP contribution in [-0.4, -0.2) is 9.97 Å². The summed E-state index contributed by atoms with van der Waals surface area (Å²) >= 11 is 1.79. The van der Waals surface area contributed by atoms with Crippen molar-refractivity contribution in [2.24, 2.45) is 5.41 Å². The van der Waals surface area contributed by atoms with E-state index in [1.165, 1.54) is 17.7 Å². The van der Waals surface area contributed by atoms with Crippen LogP contribution in [0.5, 0.6) is 0 Å². The van der Waals surface area contributed by atoms with Crippen molar-refractivity contribution in [3.05, 3.63) is 40.5 Å². The number of thiophene rings is 1. The second kappa shape index (κ2) is 5.17. The van der Waals surface area contributed by atoms with Crippen LogP contribution in [0.2, 0.25) is 0 Å². The summed E-state index contributed by atoms with van der Waals surface area (Å²) in [5.74, 6) is 2.52. The number of aromatic nitrogens is 2. The molecule has 0 saturated heterocycles. The van der Waals surface area contributed by atoms with Gasteiger partial charge >= 0.3 is 0 Å². The minimum atomic E-state index is 0.134. The Bertz CT molecular complexity index is 568. The Morgan fingerprint density at radius 1 is 1.30 bits per heavy atom. The van der Waals surface area contributed by atoms with Gasteiger partial charge in [0.05, 0.1) is 6.04 Å². The molecular weight excluding hydrogens is 266 g/mol. The molecule has 3 nitrogen and oxygen atoms in total. The Balaban J connectivity index is 1.84. The fourth-order valence-corrected chi connectivity index (χ4v) is 3.33. The molecule has 0 bridgehead atoms. The van der Waals surface area contributed by atoms with Gasteiger partial charge in [-0.15, -0.1) is 11.3 Å². The first kappa shape index (κ1) is 13.6. The average Bonchev–Trinajstić information content (AvgIpc) is 3.12. The molecule has 4 heteroatoms. The van der Waals surface area contributed by atoms with Crippen LogP contribution in [0.1, 0.15) is 56.3 Å². The molecular formula is C16H21N3S. The van der Waals surface area contributed by atoms with Gasteiger partial charge in [-0.2, -0.15) is 0 Å². The lowest BCUT2D eigenvalue weighted by atomic mass is 9.86. The van der Waals surface area contributed by atoms with Gasteiger partial charge in [-0.05, 0) is 35.8 Å². The topological polar surface area (TPSA) is 37.8 Å². The zero-order valence-corrected chi connectivity index (χ0v) is 13.1. The molecule has 20 heavy (non-hydrogen) atoms. The van der Waals surface area contributed by atoms with Crippen LogP contribution in [-0.2, 0) is 0 Å². The van der Waals surface area contributed by atoms with Gasteiger partial charge in [0.1, 0.15) is 11.6 Å². The van der Waals surface area contributed by atoms with Crippen molar-refractivity contribution in [2.45, 2.75) is 45.6 Å². The molecule has 0 aliphatic heterocycles. The second-order valence-electron chi connectivity index (χ2n) is 6.53. The van der Waals surface area contributed by atoms with Crippen LogP contribution in [0.15, 0.2) is 29.8 Å². The Morgan fingerprint density at radius 2 is 2.10 bits per heavy atom. The van der Waals surface area contributed by atoms with Gasteiger partial charge in [0.15, 0.2) is 0 Å². The third kappa shape index (κ3) is 3.01. The molecule has 0 amide bonds. The fraction of sp³-hybridized carbons (Fsp3) is 0.500. The number of nitrogens with zero attached hydrogens (tertiary/aromatic N) is 2. The molecule has 2 aromatic rings. The van der Waals surface area contributed by atoms with E-state index >= 15 is 0 Å². The van der Waals surface area contributed by atoms with Crippen molar-refractivity contribution in [2.75, 3.05) is 5.32 Å². The van der Waals surface area contributed by atoms with Crippen molar-refractivity contribution in [1.82, 2.24) is 9.97 Å². The van der Waals surface area contributed by atoms with Crippen molar-refractivity contribution in [3.63, 3.8) is 0 Å². The molecule has 2 aromatic heterocycles. The minimum Gasteiger partial charge on any atom is -0.362 e. The zero-order valence-electron chi connectivity index (χ0n) is 12.3. The molecule has 1 saturated carbocycles. The Morgan fingerprint density at radius 3 is 2.70 bits per heavy atom. The predicted molar refractivity (Wildman–Crippen MR) is 84.1 cm³/mol. The smallest absolute Gasteiger partial charge is 0.133 e. The normalized spacial score (nSPS) is 16.9. The lowest BCUT2D eigenvalue weighted by Gasteiger charge is -2.31. The summed E-state index contributed by atoms with van der Waals surface area (Å²) in [5, 5.41) is 5.73. The van der Waals surface area contributed by atoms with Crippen LogP contribution in [0.3, 0.4) is 0 Å². The van der Waals surface area contributed by atoms with E-state index < -0.39 is 0 Å². The van der Waals surface area contributed by atoms with Crippen LogP contribution in [0.4, 0.5) is 5.82 Å². The van der Waals surface area contributed by atoms with Gasteiger partial charge in [0.25, 0.3) is 0 Å². The summed E-state index contributed by atoms with van der Waals surface area (Å²) in [6.07, 6.45) is 4.34. The molecule has 1 unspecified atom stereocenters. The Kier molecular flexibility index (Phi) is 3.50. The van der Waals surface area contributed by atoms with Gasteiger partial charge in [-0.25, -0.2) is 9.97 Å². The lowest BCUT2D eigenvalue weighted by molar-refractivity contribution is 0.350. The number of hydrogen-bond donors (Lipinski definition) is 1. The zero-order chi connectivity index (χ0) is 14.2. The molecule has 0 spiro atoms. The van der Waals surface area contributed by atoms with E-state index in [-0.39, 0.29) is 11.5 Å². The Labute approximate surface area is 124 Å². The number of anilines is 1. The van der Waals surface area contributed by atoms with Gasteiger partial charge in [-0.1, -0.05) is 26.8 Å². The van der Waals surface area contributed by atoms with Crippen molar-refractivity contribution < 1.29 is 0 Å². The Hall–Kier alpha value is -1.42. The molecule has 1 N–H and O–H groups in total. The third-order valence-corrected chi connectivity index (χ3v) is 4.54. The van der Waals surface area contributed by atoms with E-state index in [1.54, 1.807) is 11.3 Å². The summed E-state index contributed by atoms with van der Waals surface area (Å²) in [6, 6.07) is 6.54. The first-order valence-corrected chi connectivity index (χ1v) is 8.05. The number of hydrogen-bond acceptors (Lipinski definition) is 4. The summed E-state index contributed by atoms with van der Waals surface area (Å²) < 4.78 is 0. The first-order valence-electron chi connectivity index (χ1n) is 7.17. The van der Waals surface area contributed by atoms with Gasteiger partial charge in [-0.3, -0.25) is 0 Å². The molecule has 1 aliphatic carbocycles. The highest BCUT2D eigenvalue weighted by Gasteiger charge is 2.29. The third-order valence-electron chi connectivity index (χ3n) is 3.60. The maximum atomic E-state index is 4.68. The first-order chi connectivity index (χ1) is 9.54. The summed E-state index contributed by atoms with van der Waals surface area (Å²) in [5.41, 5.74) is 0.134. The second-order valence-corrected chi connectivity index (χ2v) is 7.51. The van der Waals surface area contributed by atoms with E-state index in [0.717, 1.165) is 11.6 Å². The van der Waals surface area contributed by atoms with Crippen LogP contribution < -0.4 is 5.32 Å². The summed E-state index contributed by atoms with van der Waals surface area (Å²) in [7, 11) is 0. The molecule has 0 radical (unpaired) electrons. The SMILES string of the molecule is CC(C)(C)C(Nc1ccnc(C2CC2)n1)c1cccs1. The minimum absolute atomic E-state index is 0.134. The van der Waals surface area contributed by atoms with Crippen LogP contribution in [0.25, 0.3) is 0 Å². The molecule has 1 aliphatic rings. The van der Waals surface area contributed by atoms with Gasteiger partial charge in [0.2, 0.25) is 0 Å². The standard InChI is InChI=1S/C16H21N3S/c1-16(2,3)14(12-5-4-10-20-12)18-13-8-9-17-15(19-13)11-6-7-11/h4-5,8-11,14H,6-7H2,1-3H3,(H,17,18,19). The number of rotatable bonds is 4. The van der Waals surface area contributed by atoms with E-state index in [1.807, 2.05) is 12.3 Å². The summed E-state index contributed by atoms with van der Waals surface area (Å²) in [6.45, 7) is 6.77. The van der Waals surface area contributed by atoms with Gasteiger partial charge in [0, 0.05) is 17.0 Å². The number of nitrogens with one attached hydrogen (secondary N) is 1. The largest absolute Gasteiger partial charge is 0.362 e. The summed E-state index contributed by atoms with van der Waals surface area (Å²) in [4.78, 5) is 10.4. The average molecular weight is 287 g/mol. The highest BCUT2D eigenvalue weighted by molar-refractivity contribution is 7.10. The van der Waals surface area contributed by atoms with Crippen molar-refractivity contribution in [3.8, 4) is 0 Å². The van der Waals surface area contributed by atoms with Crippen molar-refractivity contribution in [1.29, 1.82) is 0 Å². The molecule has 106 valence electrons. The highest BCUT2D eigenvalue weighted by Crippen LogP contribution is 2.40. The maximum Gasteiger partial charge on any atom is 0.133 e. The van der Waals surface area contributed by atoms with E-state index in [9.17, 15) is 0 Å². The van der Waals surface area contributed by atoms with E-state index in [0.29, 0.717) is 5.92 Å². The monoisotopic (exact) mass is 287 g/mol. The molecule has 2 heterocycles. The molecule has 0 aromatic carbocycles. The molecule has 3 rings (SSSR count). The molecule has 1 fully saturated rings. The molecule has 1 atom stereocenters. The van der Waals surface area contributed by atoms with Crippen LogP contribution >= 0.6 is 11.3 Å². The predicted octanol–water partition coefficient (Wildman–Crippen LogP) is 4.61.